The summed E-state index contributed by atoms with van der Waals surface area (Å²) in [5.41, 5.74) is 5.39. The van der Waals surface area contributed by atoms with Crippen LogP contribution in [-0.4, -0.2) is 34.5 Å². The number of aryl methyl sites for hydroxylation is 1. The van der Waals surface area contributed by atoms with Crippen LogP contribution in [0.15, 0.2) is 12.7 Å². The molecule has 0 radical (unpaired) electrons. The van der Waals surface area contributed by atoms with Crippen LogP contribution in [0.2, 0.25) is 0 Å². The zero-order chi connectivity index (χ0) is 10.8. The quantitative estimate of drug-likeness (QED) is 0.678. The van der Waals surface area contributed by atoms with Gasteiger partial charge in [-0.25, -0.2) is 14.6 Å². The third-order valence-corrected chi connectivity index (χ3v) is 2.05. The Morgan fingerprint density at radius 1 is 1.53 bits per heavy atom. The van der Waals surface area contributed by atoms with Crippen LogP contribution < -0.4 is 5.73 Å². The lowest BCUT2D eigenvalue weighted by Crippen LogP contribution is -2.13. The van der Waals surface area contributed by atoms with Crippen molar-refractivity contribution in [2.24, 2.45) is 12.8 Å². The molecular formula is C7H9N7S. The van der Waals surface area contributed by atoms with E-state index in [4.69, 9.17) is 18.0 Å². The van der Waals surface area contributed by atoms with E-state index in [-0.39, 0.29) is 4.99 Å². The standard InChI is InChI=1S/C7H9N7S/c1-13-5(9-3-11-13)2-14-4-10-7(12-14)6(8)15/h3-4H,2H2,1H3,(H2,8,15). The minimum Gasteiger partial charge on any atom is -0.387 e. The largest absolute Gasteiger partial charge is 0.387 e. The van der Waals surface area contributed by atoms with Gasteiger partial charge < -0.3 is 5.73 Å². The first-order chi connectivity index (χ1) is 7.16. The molecule has 2 N–H and O–H groups in total. The topological polar surface area (TPSA) is 87.4 Å². The summed E-state index contributed by atoms with van der Waals surface area (Å²) in [6.45, 7) is 0.492. The number of thiocarbonyl (C=S) groups is 1. The van der Waals surface area contributed by atoms with Crippen molar-refractivity contribution in [3.05, 3.63) is 24.3 Å². The number of rotatable bonds is 3. The molecule has 8 heteroatoms. The predicted octanol–water partition coefficient (Wildman–Crippen LogP) is -0.911. The highest BCUT2D eigenvalue weighted by atomic mass is 32.1. The summed E-state index contributed by atoms with van der Waals surface area (Å²) >= 11 is 4.76. The number of hydrogen-bond acceptors (Lipinski definition) is 5. The van der Waals surface area contributed by atoms with E-state index in [1.165, 1.54) is 6.33 Å². The molecule has 2 heterocycles. The second-order valence-corrected chi connectivity index (χ2v) is 3.37. The molecule has 78 valence electrons. The van der Waals surface area contributed by atoms with Gasteiger partial charge in [0.05, 0.1) is 0 Å². The second kappa shape index (κ2) is 3.73. The van der Waals surface area contributed by atoms with Crippen LogP contribution in [0.5, 0.6) is 0 Å². The average Bonchev–Trinajstić information content (AvgIpc) is 2.77. The number of nitrogens with zero attached hydrogens (tertiary/aromatic N) is 6. The van der Waals surface area contributed by atoms with Crippen molar-refractivity contribution >= 4 is 17.2 Å². The fourth-order valence-electron chi connectivity index (χ4n) is 1.09. The number of hydrogen-bond donors (Lipinski definition) is 1. The summed E-state index contributed by atoms with van der Waals surface area (Å²) in [7, 11) is 1.81. The first kappa shape index (κ1) is 9.71. The second-order valence-electron chi connectivity index (χ2n) is 2.93. The Bertz CT molecular complexity index is 485. The zero-order valence-electron chi connectivity index (χ0n) is 8.03. The van der Waals surface area contributed by atoms with E-state index >= 15 is 0 Å². The van der Waals surface area contributed by atoms with Gasteiger partial charge in [-0.1, -0.05) is 12.2 Å². The molecule has 2 aromatic rings. The lowest BCUT2D eigenvalue weighted by atomic mass is 10.6. The summed E-state index contributed by atoms with van der Waals surface area (Å²) in [4.78, 5) is 8.21. The molecule has 0 aliphatic rings. The molecular weight excluding hydrogens is 214 g/mol. The van der Waals surface area contributed by atoms with E-state index in [0.717, 1.165) is 5.82 Å². The maximum atomic E-state index is 5.39. The molecule has 0 saturated heterocycles. The van der Waals surface area contributed by atoms with E-state index < -0.39 is 0 Å². The van der Waals surface area contributed by atoms with Crippen LogP contribution in [0.25, 0.3) is 0 Å². The van der Waals surface area contributed by atoms with Crippen LogP contribution in [0.1, 0.15) is 11.6 Å². The first-order valence-corrected chi connectivity index (χ1v) is 4.60. The Hall–Kier alpha value is -1.83. The van der Waals surface area contributed by atoms with Crippen molar-refractivity contribution in [1.82, 2.24) is 29.5 Å². The zero-order valence-corrected chi connectivity index (χ0v) is 8.85. The highest BCUT2D eigenvalue weighted by molar-refractivity contribution is 7.80. The third kappa shape index (κ3) is 1.99. The Kier molecular flexibility index (Phi) is 2.42. The summed E-state index contributed by atoms with van der Waals surface area (Å²) in [6, 6.07) is 0. The van der Waals surface area contributed by atoms with Gasteiger partial charge in [-0.15, -0.1) is 5.10 Å². The van der Waals surface area contributed by atoms with Crippen molar-refractivity contribution in [3.63, 3.8) is 0 Å². The highest BCUT2D eigenvalue weighted by Crippen LogP contribution is 1.96. The van der Waals surface area contributed by atoms with Crippen LogP contribution in [0.3, 0.4) is 0 Å². The summed E-state index contributed by atoms with van der Waals surface area (Å²) in [6.07, 6.45) is 3.05. The first-order valence-electron chi connectivity index (χ1n) is 4.19. The molecule has 2 aromatic heterocycles. The Morgan fingerprint density at radius 3 is 2.87 bits per heavy atom. The van der Waals surface area contributed by atoms with Gasteiger partial charge in [0, 0.05) is 7.05 Å². The number of aromatic nitrogens is 6. The lowest BCUT2D eigenvalue weighted by Gasteiger charge is -1.98. The maximum Gasteiger partial charge on any atom is 0.208 e. The van der Waals surface area contributed by atoms with E-state index in [1.807, 2.05) is 7.05 Å². The van der Waals surface area contributed by atoms with Gasteiger partial charge >= 0.3 is 0 Å². The van der Waals surface area contributed by atoms with Gasteiger partial charge in [0.1, 0.15) is 30.0 Å². The van der Waals surface area contributed by atoms with Gasteiger partial charge in [0.15, 0.2) is 0 Å². The van der Waals surface area contributed by atoms with Crippen LogP contribution in [-0.2, 0) is 13.6 Å². The molecule has 0 atom stereocenters. The maximum absolute atomic E-state index is 5.39. The Balaban J connectivity index is 2.18. The predicted molar refractivity (Wildman–Crippen MR) is 56.0 cm³/mol. The summed E-state index contributed by atoms with van der Waals surface area (Å²) < 4.78 is 3.28. The molecule has 0 bridgehead atoms. The van der Waals surface area contributed by atoms with E-state index in [0.29, 0.717) is 12.4 Å². The fraction of sp³-hybridized carbons (Fsp3) is 0.286. The molecule has 0 unspecified atom stereocenters. The van der Waals surface area contributed by atoms with Crippen molar-refractivity contribution in [3.8, 4) is 0 Å². The van der Waals surface area contributed by atoms with Gasteiger partial charge in [-0.05, 0) is 0 Å². The molecule has 7 nitrogen and oxygen atoms in total. The van der Waals surface area contributed by atoms with E-state index in [2.05, 4.69) is 20.2 Å². The van der Waals surface area contributed by atoms with E-state index in [9.17, 15) is 0 Å². The molecule has 2 rings (SSSR count). The highest BCUT2D eigenvalue weighted by Gasteiger charge is 2.06. The minimum atomic E-state index is 0.187. The van der Waals surface area contributed by atoms with Gasteiger partial charge in [-0.3, -0.25) is 4.68 Å². The van der Waals surface area contributed by atoms with Crippen molar-refractivity contribution in [1.29, 1.82) is 0 Å². The van der Waals surface area contributed by atoms with Crippen molar-refractivity contribution in [2.75, 3.05) is 0 Å². The monoisotopic (exact) mass is 223 g/mol. The fourth-order valence-corrected chi connectivity index (χ4v) is 1.19. The molecule has 15 heavy (non-hydrogen) atoms. The van der Waals surface area contributed by atoms with Gasteiger partial charge in [-0.2, -0.15) is 5.10 Å². The minimum absolute atomic E-state index is 0.187. The molecule has 0 aromatic carbocycles. The smallest absolute Gasteiger partial charge is 0.208 e. The summed E-state index contributed by atoms with van der Waals surface area (Å²) in [5, 5.41) is 8.03. The van der Waals surface area contributed by atoms with Crippen LogP contribution >= 0.6 is 12.2 Å². The average molecular weight is 223 g/mol. The van der Waals surface area contributed by atoms with Crippen LogP contribution in [0, 0.1) is 0 Å². The molecule has 0 saturated carbocycles. The van der Waals surface area contributed by atoms with Crippen molar-refractivity contribution in [2.45, 2.75) is 6.54 Å². The van der Waals surface area contributed by atoms with Gasteiger partial charge in [0.2, 0.25) is 5.82 Å². The molecule has 0 amide bonds. The molecule has 0 aliphatic carbocycles. The number of nitrogens with two attached hydrogens (primary N) is 1. The lowest BCUT2D eigenvalue weighted by molar-refractivity contribution is 0.606. The third-order valence-electron chi connectivity index (χ3n) is 1.87. The van der Waals surface area contributed by atoms with Gasteiger partial charge in [0.25, 0.3) is 0 Å². The Morgan fingerprint density at radius 2 is 2.33 bits per heavy atom. The Labute approximate surface area is 90.9 Å². The molecule has 0 spiro atoms. The van der Waals surface area contributed by atoms with E-state index in [1.54, 1.807) is 15.7 Å². The summed E-state index contributed by atoms with van der Waals surface area (Å²) in [5.74, 6) is 1.15. The van der Waals surface area contributed by atoms with Crippen molar-refractivity contribution < 1.29 is 0 Å². The molecule has 0 fully saturated rings. The normalized spacial score (nSPS) is 10.5. The SMILES string of the molecule is Cn1ncnc1Cn1cnc(C(N)=S)n1. The van der Waals surface area contributed by atoms with Crippen LogP contribution in [0.4, 0.5) is 0 Å². The molecule has 0 aliphatic heterocycles.